The van der Waals surface area contributed by atoms with E-state index in [1.54, 1.807) is 24.3 Å². The van der Waals surface area contributed by atoms with Gasteiger partial charge in [-0.25, -0.2) is 4.79 Å². The lowest BCUT2D eigenvalue weighted by atomic mass is 10.1. The Morgan fingerprint density at radius 2 is 2.38 bits per heavy atom. The van der Waals surface area contributed by atoms with Crippen molar-refractivity contribution in [1.82, 2.24) is 0 Å². The molecule has 13 heavy (non-hydrogen) atoms. The summed E-state index contributed by atoms with van der Waals surface area (Å²) in [5.74, 6) is -0.409. The first-order chi connectivity index (χ1) is 6.27. The SMILES string of the molecule is COC(=O)c1cccc(C=NO)c1. The largest absolute Gasteiger partial charge is 0.465 e. The molecule has 1 rings (SSSR count). The smallest absolute Gasteiger partial charge is 0.337 e. The minimum atomic E-state index is -0.409. The summed E-state index contributed by atoms with van der Waals surface area (Å²) in [5.41, 5.74) is 1.07. The average Bonchev–Trinajstić information content (AvgIpc) is 2.18. The van der Waals surface area contributed by atoms with Crippen LogP contribution in [0.25, 0.3) is 0 Å². The lowest BCUT2D eigenvalue weighted by Crippen LogP contribution is -2.01. The van der Waals surface area contributed by atoms with Gasteiger partial charge in [0.2, 0.25) is 0 Å². The highest BCUT2D eigenvalue weighted by Gasteiger charge is 2.03. The van der Waals surface area contributed by atoms with Gasteiger partial charge < -0.3 is 9.94 Å². The molecular weight excluding hydrogens is 170 g/mol. The molecule has 1 N–H and O–H groups in total. The third kappa shape index (κ3) is 2.30. The van der Waals surface area contributed by atoms with Gasteiger partial charge in [-0.3, -0.25) is 0 Å². The molecule has 0 bridgehead atoms. The van der Waals surface area contributed by atoms with Gasteiger partial charge in [-0.15, -0.1) is 0 Å². The molecule has 1 aromatic rings. The Hall–Kier alpha value is -1.84. The van der Waals surface area contributed by atoms with Crippen molar-refractivity contribution < 1.29 is 14.7 Å². The standard InChI is InChI=1S/C9H9NO3/c1-13-9(11)8-4-2-3-7(5-8)6-10-12/h2-6,12H,1H3. The van der Waals surface area contributed by atoms with Crippen LogP contribution in [0.3, 0.4) is 0 Å². The van der Waals surface area contributed by atoms with Crippen LogP contribution in [0.15, 0.2) is 29.4 Å². The van der Waals surface area contributed by atoms with E-state index in [0.717, 1.165) is 0 Å². The van der Waals surface area contributed by atoms with Crippen LogP contribution in [0.2, 0.25) is 0 Å². The number of benzene rings is 1. The molecule has 0 saturated carbocycles. The zero-order chi connectivity index (χ0) is 9.68. The molecule has 0 amide bonds. The molecular formula is C9H9NO3. The van der Waals surface area contributed by atoms with Crippen molar-refractivity contribution in [2.24, 2.45) is 5.16 Å². The van der Waals surface area contributed by atoms with Crippen molar-refractivity contribution in [2.45, 2.75) is 0 Å². The van der Waals surface area contributed by atoms with Gasteiger partial charge in [0.15, 0.2) is 0 Å². The second kappa shape index (κ2) is 4.25. The Morgan fingerprint density at radius 3 is 3.00 bits per heavy atom. The van der Waals surface area contributed by atoms with E-state index < -0.39 is 5.97 Å². The van der Waals surface area contributed by atoms with E-state index in [-0.39, 0.29) is 0 Å². The highest BCUT2D eigenvalue weighted by molar-refractivity contribution is 5.92. The van der Waals surface area contributed by atoms with E-state index in [4.69, 9.17) is 5.21 Å². The molecule has 0 spiro atoms. The van der Waals surface area contributed by atoms with Crippen molar-refractivity contribution in [3.8, 4) is 0 Å². The second-order valence-electron chi connectivity index (χ2n) is 2.36. The first-order valence-electron chi connectivity index (χ1n) is 3.63. The number of oxime groups is 1. The summed E-state index contributed by atoms with van der Waals surface area (Å²) in [5, 5.41) is 11.1. The van der Waals surface area contributed by atoms with E-state index >= 15 is 0 Å². The molecule has 4 nitrogen and oxygen atoms in total. The predicted octanol–water partition coefficient (Wildman–Crippen LogP) is 1.28. The number of esters is 1. The Morgan fingerprint density at radius 1 is 1.62 bits per heavy atom. The summed E-state index contributed by atoms with van der Waals surface area (Å²) in [6, 6.07) is 6.60. The van der Waals surface area contributed by atoms with Crippen LogP contribution in [-0.4, -0.2) is 24.5 Å². The molecule has 0 heterocycles. The third-order valence-electron chi connectivity index (χ3n) is 1.51. The first-order valence-corrected chi connectivity index (χ1v) is 3.63. The van der Waals surface area contributed by atoms with Gasteiger partial charge in [-0.1, -0.05) is 17.3 Å². The molecule has 68 valence electrons. The van der Waals surface area contributed by atoms with Crippen molar-refractivity contribution in [3.05, 3.63) is 35.4 Å². The number of methoxy groups -OCH3 is 1. The number of carbonyl (C=O) groups excluding carboxylic acids is 1. The van der Waals surface area contributed by atoms with Gasteiger partial charge in [0, 0.05) is 0 Å². The predicted molar refractivity (Wildman–Crippen MR) is 47.2 cm³/mol. The summed E-state index contributed by atoms with van der Waals surface area (Å²) in [6.45, 7) is 0. The van der Waals surface area contributed by atoms with Crippen LogP contribution in [-0.2, 0) is 4.74 Å². The van der Waals surface area contributed by atoms with Gasteiger partial charge in [0.25, 0.3) is 0 Å². The summed E-state index contributed by atoms with van der Waals surface area (Å²) >= 11 is 0. The fourth-order valence-electron chi connectivity index (χ4n) is 0.930. The molecule has 0 radical (unpaired) electrons. The number of ether oxygens (including phenoxy) is 1. The number of rotatable bonds is 2. The van der Waals surface area contributed by atoms with Gasteiger partial charge in [-0.2, -0.15) is 0 Å². The van der Waals surface area contributed by atoms with Gasteiger partial charge in [-0.05, 0) is 17.7 Å². The topological polar surface area (TPSA) is 58.9 Å². The number of hydrogen-bond acceptors (Lipinski definition) is 4. The Labute approximate surface area is 75.4 Å². The maximum atomic E-state index is 11.0. The van der Waals surface area contributed by atoms with Crippen molar-refractivity contribution in [2.75, 3.05) is 7.11 Å². The van der Waals surface area contributed by atoms with E-state index in [1.807, 2.05) is 0 Å². The monoisotopic (exact) mass is 179 g/mol. The summed E-state index contributed by atoms with van der Waals surface area (Å²) in [4.78, 5) is 11.0. The normalized spacial score (nSPS) is 10.2. The number of nitrogens with zero attached hydrogens (tertiary/aromatic N) is 1. The summed E-state index contributed by atoms with van der Waals surface area (Å²) in [7, 11) is 1.31. The first kappa shape index (κ1) is 9.25. The maximum absolute atomic E-state index is 11.0. The minimum Gasteiger partial charge on any atom is -0.465 e. The maximum Gasteiger partial charge on any atom is 0.337 e. The minimum absolute atomic E-state index is 0.409. The van der Waals surface area contributed by atoms with Gasteiger partial charge in [0.05, 0.1) is 18.9 Å². The zero-order valence-corrected chi connectivity index (χ0v) is 7.10. The molecule has 0 unspecified atom stereocenters. The molecule has 0 aliphatic carbocycles. The van der Waals surface area contributed by atoms with Gasteiger partial charge >= 0.3 is 5.97 Å². The fraction of sp³-hybridized carbons (Fsp3) is 0.111. The zero-order valence-electron chi connectivity index (χ0n) is 7.10. The van der Waals surface area contributed by atoms with Crippen LogP contribution < -0.4 is 0 Å². The van der Waals surface area contributed by atoms with Crippen molar-refractivity contribution in [1.29, 1.82) is 0 Å². The Balaban J connectivity index is 2.98. The highest BCUT2D eigenvalue weighted by atomic mass is 16.5. The molecule has 4 heteroatoms. The quantitative estimate of drug-likeness (QED) is 0.322. The highest BCUT2D eigenvalue weighted by Crippen LogP contribution is 2.04. The summed E-state index contributed by atoms with van der Waals surface area (Å²) in [6.07, 6.45) is 1.24. The van der Waals surface area contributed by atoms with Crippen LogP contribution in [0, 0.1) is 0 Å². The third-order valence-corrected chi connectivity index (χ3v) is 1.51. The second-order valence-corrected chi connectivity index (χ2v) is 2.36. The van der Waals surface area contributed by atoms with Crippen LogP contribution >= 0.6 is 0 Å². The molecule has 0 fully saturated rings. The number of carbonyl (C=O) groups is 1. The summed E-state index contributed by atoms with van der Waals surface area (Å²) < 4.78 is 4.52. The molecule has 0 aliphatic rings. The molecule has 0 aromatic heterocycles. The van der Waals surface area contributed by atoms with Gasteiger partial charge in [0.1, 0.15) is 0 Å². The average molecular weight is 179 g/mol. The fourth-order valence-corrected chi connectivity index (χ4v) is 0.930. The number of hydrogen-bond donors (Lipinski definition) is 1. The molecule has 1 aromatic carbocycles. The molecule has 0 aliphatic heterocycles. The lowest BCUT2D eigenvalue weighted by Gasteiger charge is -1.98. The van der Waals surface area contributed by atoms with E-state index in [2.05, 4.69) is 9.89 Å². The van der Waals surface area contributed by atoms with E-state index in [0.29, 0.717) is 11.1 Å². The molecule has 0 atom stereocenters. The van der Waals surface area contributed by atoms with Crippen LogP contribution in [0.5, 0.6) is 0 Å². The van der Waals surface area contributed by atoms with Crippen molar-refractivity contribution in [3.63, 3.8) is 0 Å². The molecule has 0 saturated heterocycles. The van der Waals surface area contributed by atoms with Crippen molar-refractivity contribution >= 4 is 12.2 Å². The Kier molecular flexibility index (Phi) is 3.03. The van der Waals surface area contributed by atoms with E-state index in [9.17, 15) is 4.79 Å². The lowest BCUT2D eigenvalue weighted by molar-refractivity contribution is 0.0600. The van der Waals surface area contributed by atoms with Crippen LogP contribution in [0.1, 0.15) is 15.9 Å². The Bertz CT molecular complexity index is 333. The van der Waals surface area contributed by atoms with E-state index in [1.165, 1.54) is 13.3 Å². The van der Waals surface area contributed by atoms with Crippen LogP contribution in [0.4, 0.5) is 0 Å².